The van der Waals surface area contributed by atoms with E-state index in [1.54, 1.807) is 6.08 Å². The van der Waals surface area contributed by atoms with Gasteiger partial charge in [-0.1, -0.05) is 391 Å². The topological polar surface area (TPSA) is 175 Å². The average molecular weight is 1350 g/mol. The van der Waals surface area contributed by atoms with Crippen LogP contribution in [0.25, 0.3) is 0 Å². The molecule has 1 aliphatic rings. The molecule has 1 rings (SSSR count). The number of ether oxygens (including phenoxy) is 3. The summed E-state index contributed by atoms with van der Waals surface area (Å²) in [5.74, 6) is -0.154. The lowest BCUT2D eigenvalue weighted by Crippen LogP contribution is -2.60. The predicted molar refractivity (Wildman–Crippen MR) is 403 cm³/mol. The second-order valence-corrected chi connectivity index (χ2v) is 29.5. The summed E-state index contributed by atoms with van der Waals surface area (Å²) in [5, 5.41) is 54.5. The van der Waals surface area contributed by atoms with Crippen LogP contribution in [-0.4, -0.2) is 100 Å². The molecule has 1 saturated heterocycles. The van der Waals surface area contributed by atoms with Crippen LogP contribution in [0.1, 0.15) is 438 Å². The molecule has 562 valence electrons. The highest BCUT2D eigenvalue weighted by molar-refractivity contribution is 5.76. The fourth-order valence-corrected chi connectivity index (χ4v) is 13.7. The molecule has 1 amide bonds. The summed E-state index contributed by atoms with van der Waals surface area (Å²) in [6.07, 6.45) is 85.2. The number of hydrogen-bond donors (Lipinski definition) is 6. The summed E-state index contributed by atoms with van der Waals surface area (Å²) in [7, 11) is 0. The van der Waals surface area contributed by atoms with Gasteiger partial charge in [-0.05, 0) is 57.8 Å². The third-order valence-electron chi connectivity index (χ3n) is 20.3. The Morgan fingerprint density at radius 3 is 1.01 bits per heavy atom. The molecule has 1 aliphatic heterocycles. The third kappa shape index (κ3) is 61.7. The van der Waals surface area contributed by atoms with E-state index < -0.39 is 49.5 Å². The highest BCUT2D eigenvalue weighted by atomic mass is 16.7. The quantitative estimate of drug-likeness (QED) is 0.0195. The van der Waals surface area contributed by atoms with Crippen molar-refractivity contribution in [2.45, 2.75) is 480 Å². The van der Waals surface area contributed by atoms with Crippen molar-refractivity contribution in [2.24, 2.45) is 0 Å². The van der Waals surface area contributed by atoms with Gasteiger partial charge >= 0.3 is 5.97 Å². The third-order valence-corrected chi connectivity index (χ3v) is 20.3. The number of rotatable bonds is 76. The Labute approximate surface area is 588 Å². The van der Waals surface area contributed by atoms with Gasteiger partial charge in [0.2, 0.25) is 5.91 Å². The molecule has 0 aromatic rings. The van der Waals surface area contributed by atoms with E-state index in [2.05, 4.69) is 31.3 Å². The van der Waals surface area contributed by atoms with Crippen molar-refractivity contribution in [3.8, 4) is 0 Å². The summed E-state index contributed by atoms with van der Waals surface area (Å²) in [6.45, 7) is 4.41. The fraction of sp³-hybridized carbons (Fsp3) is 0.929. The minimum absolute atomic E-state index is 0.0213. The highest BCUT2D eigenvalue weighted by Gasteiger charge is 2.44. The minimum Gasteiger partial charge on any atom is -0.466 e. The van der Waals surface area contributed by atoms with E-state index in [1.807, 2.05) is 6.08 Å². The molecule has 95 heavy (non-hydrogen) atoms. The van der Waals surface area contributed by atoms with E-state index >= 15 is 0 Å². The standard InChI is InChI=1S/C84H161NO10/c1-3-5-7-9-11-13-15-17-18-45-48-52-56-60-64-68-72-80(89)93-73-69-65-61-57-53-49-46-43-41-39-37-35-33-31-29-27-25-23-21-19-20-22-24-26-28-30-32-34-36-38-40-42-44-47-51-55-59-63-67-71-79(88)85-76(75-94-84-83(92)82(91)81(90)78(74-86)95-84)77(87)70-66-62-58-54-50-16-14-12-10-8-6-4-2/h19-20,66,70,76-78,81-84,86-87,90-92H,3-18,21-65,67-69,71-75H2,1-2H3,(H,85,88)/b20-19-,70-66+. The van der Waals surface area contributed by atoms with Gasteiger partial charge in [-0.3, -0.25) is 9.59 Å². The highest BCUT2D eigenvalue weighted by Crippen LogP contribution is 2.24. The van der Waals surface area contributed by atoms with E-state index in [4.69, 9.17) is 14.2 Å². The zero-order valence-corrected chi connectivity index (χ0v) is 62.9. The van der Waals surface area contributed by atoms with E-state index in [0.29, 0.717) is 19.4 Å². The number of unbranched alkanes of at least 4 members (excludes halogenated alkanes) is 60. The first-order valence-corrected chi connectivity index (χ1v) is 42.1. The first-order chi connectivity index (χ1) is 46.7. The molecule has 1 fully saturated rings. The maximum absolute atomic E-state index is 13.1. The van der Waals surface area contributed by atoms with E-state index in [1.165, 1.54) is 360 Å². The second kappa shape index (κ2) is 73.4. The number of aliphatic hydroxyl groups excluding tert-OH is 5. The van der Waals surface area contributed by atoms with Crippen LogP contribution in [0, 0.1) is 0 Å². The molecule has 7 atom stereocenters. The molecule has 0 aliphatic carbocycles. The van der Waals surface area contributed by atoms with Crippen LogP contribution in [0.3, 0.4) is 0 Å². The maximum Gasteiger partial charge on any atom is 0.305 e. The van der Waals surface area contributed by atoms with E-state index in [-0.39, 0.29) is 18.5 Å². The van der Waals surface area contributed by atoms with Gasteiger partial charge in [0.05, 0.1) is 32.0 Å². The monoisotopic (exact) mass is 1340 g/mol. The van der Waals surface area contributed by atoms with Gasteiger partial charge in [-0.15, -0.1) is 0 Å². The van der Waals surface area contributed by atoms with Crippen molar-refractivity contribution < 1.29 is 49.3 Å². The van der Waals surface area contributed by atoms with Crippen LogP contribution in [0.15, 0.2) is 24.3 Å². The molecule has 7 unspecified atom stereocenters. The number of aliphatic hydroxyl groups is 5. The molecule has 6 N–H and O–H groups in total. The molecular weight excluding hydrogens is 1180 g/mol. The molecule has 0 aromatic heterocycles. The SMILES string of the molecule is CCCCCCCCCCCC/C=C/C(O)C(COC1OC(CO)C(O)C(O)C1O)NC(=O)CCCCCCCCCCCCCCCCCCC/C=C\CCCCCCCCCCCCCCCCCCCCOC(=O)CCCCCCCCCCCCCCCCCC. The Kier molecular flexibility index (Phi) is 70.4. The molecule has 0 aromatic carbocycles. The number of esters is 1. The van der Waals surface area contributed by atoms with E-state index in [9.17, 15) is 35.1 Å². The van der Waals surface area contributed by atoms with Crippen LogP contribution in [-0.2, 0) is 23.8 Å². The number of amides is 1. The van der Waals surface area contributed by atoms with Crippen LogP contribution >= 0.6 is 0 Å². The summed E-state index contributed by atoms with van der Waals surface area (Å²) in [6, 6.07) is -0.806. The smallest absolute Gasteiger partial charge is 0.305 e. The van der Waals surface area contributed by atoms with Crippen molar-refractivity contribution in [1.82, 2.24) is 5.32 Å². The summed E-state index contributed by atoms with van der Waals surface area (Å²) < 4.78 is 16.8. The first kappa shape index (κ1) is 91.2. The van der Waals surface area contributed by atoms with Crippen molar-refractivity contribution in [3.63, 3.8) is 0 Å². The van der Waals surface area contributed by atoms with Gasteiger partial charge in [0.15, 0.2) is 6.29 Å². The summed E-state index contributed by atoms with van der Waals surface area (Å²) in [4.78, 5) is 25.2. The summed E-state index contributed by atoms with van der Waals surface area (Å²) >= 11 is 0. The Morgan fingerprint density at radius 1 is 0.379 bits per heavy atom. The Morgan fingerprint density at radius 2 is 0.674 bits per heavy atom. The maximum atomic E-state index is 13.1. The number of hydrogen-bond acceptors (Lipinski definition) is 10. The largest absolute Gasteiger partial charge is 0.466 e. The molecular formula is C84H161NO10. The van der Waals surface area contributed by atoms with Gasteiger partial charge in [-0.2, -0.15) is 0 Å². The van der Waals surface area contributed by atoms with Crippen molar-refractivity contribution in [1.29, 1.82) is 0 Å². The van der Waals surface area contributed by atoms with Crippen LogP contribution < -0.4 is 5.32 Å². The number of carbonyl (C=O) groups is 2. The molecule has 0 spiro atoms. The molecule has 11 heteroatoms. The van der Waals surface area contributed by atoms with Gasteiger partial charge < -0.3 is 45.1 Å². The minimum atomic E-state index is -1.57. The molecule has 1 heterocycles. The molecule has 11 nitrogen and oxygen atoms in total. The predicted octanol–water partition coefficient (Wildman–Crippen LogP) is 23.1. The lowest BCUT2D eigenvalue weighted by Gasteiger charge is -2.40. The van der Waals surface area contributed by atoms with Gasteiger partial charge in [-0.25, -0.2) is 0 Å². The van der Waals surface area contributed by atoms with Gasteiger partial charge in [0.25, 0.3) is 0 Å². The van der Waals surface area contributed by atoms with E-state index in [0.717, 1.165) is 51.4 Å². The lowest BCUT2D eigenvalue weighted by atomic mass is 9.99. The zero-order chi connectivity index (χ0) is 68.6. The summed E-state index contributed by atoms with van der Waals surface area (Å²) in [5.41, 5.74) is 0. The Hall–Kier alpha value is -1.86. The second-order valence-electron chi connectivity index (χ2n) is 29.5. The average Bonchev–Trinajstić information content (AvgIpc) is 0.850. The van der Waals surface area contributed by atoms with Crippen LogP contribution in [0.5, 0.6) is 0 Å². The molecule has 0 bridgehead atoms. The zero-order valence-electron chi connectivity index (χ0n) is 62.9. The van der Waals surface area contributed by atoms with Gasteiger partial charge in [0.1, 0.15) is 24.4 Å². The first-order valence-electron chi connectivity index (χ1n) is 42.1. The van der Waals surface area contributed by atoms with Crippen LogP contribution in [0.4, 0.5) is 0 Å². The molecule has 0 radical (unpaired) electrons. The van der Waals surface area contributed by atoms with Crippen molar-refractivity contribution in [3.05, 3.63) is 24.3 Å². The Balaban J connectivity index is 1.86. The number of allylic oxidation sites excluding steroid dienone is 3. The fourth-order valence-electron chi connectivity index (χ4n) is 13.7. The number of nitrogens with one attached hydrogen (secondary N) is 1. The van der Waals surface area contributed by atoms with Crippen molar-refractivity contribution in [2.75, 3.05) is 19.8 Å². The van der Waals surface area contributed by atoms with Crippen molar-refractivity contribution >= 4 is 11.9 Å². The lowest BCUT2D eigenvalue weighted by molar-refractivity contribution is -0.302. The Bertz CT molecular complexity index is 1630. The van der Waals surface area contributed by atoms with Gasteiger partial charge in [0, 0.05) is 12.8 Å². The number of carbonyl (C=O) groups excluding carboxylic acids is 2. The molecule has 0 saturated carbocycles. The van der Waals surface area contributed by atoms with Crippen LogP contribution in [0.2, 0.25) is 0 Å². The normalized spacial score (nSPS) is 17.4.